The van der Waals surface area contributed by atoms with Crippen LogP contribution in [-0.2, 0) is 32.6 Å². The zero-order chi connectivity index (χ0) is 27.7. The van der Waals surface area contributed by atoms with Gasteiger partial charge in [0.1, 0.15) is 12.6 Å². The molecule has 0 aromatic heterocycles. The Morgan fingerprint density at radius 2 is 1.55 bits per heavy atom. The molecule has 7 nitrogen and oxygen atoms in total. The van der Waals surface area contributed by atoms with Gasteiger partial charge in [0.25, 0.3) is 0 Å². The lowest BCUT2D eigenvalue weighted by molar-refractivity contribution is -0.140. The Morgan fingerprint density at radius 1 is 0.921 bits per heavy atom. The van der Waals surface area contributed by atoms with Gasteiger partial charge in [0.2, 0.25) is 21.8 Å². The molecule has 0 saturated carbocycles. The van der Waals surface area contributed by atoms with E-state index in [0.717, 1.165) is 37.2 Å². The summed E-state index contributed by atoms with van der Waals surface area (Å²) in [5, 5.41) is 2.94. The van der Waals surface area contributed by atoms with E-state index in [1.54, 1.807) is 24.3 Å². The predicted octanol–water partition coefficient (Wildman–Crippen LogP) is 4.53. The van der Waals surface area contributed by atoms with Gasteiger partial charge >= 0.3 is 0 Å². The number of rotatable bonds is 12. The van der Waals surface area contributed by atoms with Crippen molar-refractivity contribution in [2.24, 2.45) is 0 Å². The maximum atomic E-state index is 14.0. The highest BCUT2D eigenvalue weighted by molar-refractivity contribution is 14.1. The van der Waals surface area contributed by atoms with Gasteiger partial charge in [-0.2, -0.15) is 0 Å². The average molecular weight is 648 g/mol. The summed E-state index contributed by atoms with van der Waals surface area (Å²) < 4.78 is 27.6. The molecule has 2 amide bonds. The number of carbonyl (C=O) groups excluding carboxylic acids is 2. The van der Waals surface area contributed by atoms with Crippen molar-refractivity contribution in [1.82, 2.24) is 10.2 Å². The second kappa shape index (κ2) is 13.7. The number of benzene rings is 3. The van der Waals surface area contributed by atoms with Crippen LogP contribution in [0.5, 0.6) is 0 Å². The van der Waals surface area contributed by atoms with Crippen molar-refractivity contribution >= 4 is 50.1 Å². The summed E-state index contributed by atoms with van der Waals surface area (Å²) >= 11 is 2.14. The molecule has 1 N–H and O–H groups in total. The Kier molecular flexibility index (Phi) is 10.7. The van der Waals surface area contributed by atoms with E-state index in [1.165, 1.54) is 4.90 Å². The summed E-state index contributed by atoms with van der Waals surface area (Å²) in [6, 6.07) is 23.4. The third-order valence-corrected chi connectivity index (χ3v) is 7.95. The molecule has 1 atom stereocenters. The topological polar surface area (TPSA) is 86.8 Å². The zero-order valence-corrected chi connectivity index (χ0v) is 24.9. The molecule has 0 aliphatic rings. The molecule has 0 unspecified atom stereocenters. The summed E-state index contributed by atoms with van der Waals surface area (Å²) in [6.45, 7) is 4.17. The van der Waals surface area contributed by atoms with Crippen LogP contribution in [0.4, 0.5) is 5.69 Å². The maximum Gasteiger partial charge on any atom is 0.244 e. The van der Waals surface area contributed by atoms with Crippen molar-refractivity contribution in [2.75, 3.05) is 23.7 Å². The molecule has 0 saturated heterocycles. The van der Waals surface area contributed by atoms with E-state index in [4.69, 9.17) is 0 Å². The molecule has 0 aliphatic heterocycles. The summed E-state index contributed by atoms with van der Waals surface area (Å²) in [7, 11) is -3.77. The summed E-state index contributed by atoms with van der Waals surface area (Å²) in [6.07, 6.45) is 2.14. The Bertz CT molecular complexity index is 1310. The molecule has 0 spiro atoms. The van der Waals surface area contributed by atoms with Gasteiger partial charge < -0.3 is 10.2 Å². The first-order valence-electron chi connectivity index (χ1n) is 12.5. The quantitative estimate of drug-likeness (QED) is 0.293. The van der Waals surface area contributed by atoms with Crippen LogP contribution >= 0.6 is 22.6 Å². The molecule has 0 heterocycles. The highest BCUT2D eigenvalue weighted by atomic mass is 127. The molecule has 3 aromatic rings. The Labute approximate surface area is 239 Å². The van der Waals surface area contributed by atoms with Gasteiger partial charge in [-0.25, -0.2) is 8.42 Å². The van der Waals surface area contributed by atoms with Crippen molar-refractivity contribution in [3.63, 3.8) is 0 Å². The van der Waals surface area contributed by atoms with Gasteiger partial charge in [-0.3, -0.25) is 13.9 Å². The monoisotopic (exact) mass is 647 g/mol. The van der Waals surface area contributed by atoms with E-state index in [-0.39, 0.29) is 12.5 Å². The fraction of sp³-hybridized carbons (Fsp3) is 0.310. The fourth-order valence-electron chi connectivity index (χ4n) is 4.03. The van der Waals surface area contributed by atoms with Gasteiger partial charge in [0.05, 0.1) is 11.9 Å². The highest BCUT2D eigenvalue weighted by Gasteiger charge is 2.32. The van der Waals surface area contributed by atoms with Gasteiger partial charge in [0.15, 0.2) is 0 Å². The van der Waals surface area contributed by atoms with Crippen molar-refractivity contribution < 1.29 is 18.0 Å². The Balaban J connectivity index is 2.02. The first-order chi connectivity index (χ1) is 18.1. The molecule has 3 aromatic carbocycles. The summed E-state index contributed by atoms with van der Waals surface area (Å²) in [4.78, 5) is 28.9. The number of sulfonamides is 1. The number of hydrogen-bond donors (Lipinski definition) is 1. The number of aryl methyl sites for hydroxylation is 1. The largest absolute Gasteiger partial charge is 0.354 e. The number of hydrogen-bond acceptors (Lipinski definition) is 4. The molecule has 202 valence electrons. The van der Waals surface area contributed by atoms with Gasteiger partial charge in [-0.15, -0.1) is 0 Å². The highest BCUT2D eigenvalue weighted by Crippen LogP contribution is 2.21. The number of halogens is 1. The molecule has 0 fully saturated rings. The van der Waals surface area contributed by atoms with Crippen molar-refractivity contribution in [3.05, 3.63) is 99.1 Å². The molecular formula is C29H34IN3O4S. The maximum absolute atomic E-state index is 14.0. The number of amides is 2. The van der Waals surface area contributed by atoms with Crippen LogP contribution in [0, 0.1) is 10.5 Å². The van der Waals surface area contributed by atoms with E-state index in [1.807, 2.05) is 68.4 Å². The number of anilines is 1. The molecule has 0 bridgehead atoms. The first-order valence-corrected chi connectivity index (χ1v) is 15.4. The Morgan fingerprint density at radius 3 is 2.13 bits per heavy atom. The van der Waals surface area contributed by atoms with E-state index in [9.17, 15) is 18.0 Å². The molecule has 0 aliphatic carbocycles. The second-order valence-electron chi connectivity index (χ2n) is 9.25. The van der Waals surface area contributed by atoms with Crippen LogP contribution in [0.1, 0.15) is 30.0 Å². The molecule has 38 heavy (non-hydrogen) atoms. The third kappa shape index (κ3) is 8.56. The predicted molar refractivity (Wildman–Crippen MR) is 160 cm³/mol. The summed E-state index contributed by atoms with van der Waals surface area (Å²) in [5.74, 6) is -0.724. The first kappa shape index (κ1) is 29.6. The van der Waals surface area contributed by atoms with Gasteiger partial charge in [0, 0.05) is 23.1 Å². The molecular weight excluding hydrogens is 613 g/mol. The van der Waals surface area contributed by atoms with E-state index in [0.29, 0.717) is 18.7 Å². The summed E-state index contributed by atoms with van der Waals surface area (Å²) in [5.41, 5.74) is 3.23. The van der Waals surface area contributed by atoms with Crippen molar-refractivity contribution in [3.8, 4) is 0 Å². The van der Waals surface area contributed by atoms with Crippen LogP contribution in [0.15, 0.2) is 78.9 Å². The van der Waals surface area contributed by atoms with Gasteiger partial charge in [-0.05, 0) is 71.3 Å². The van der Waals surface area contributed by atoms with Crippen LogP contribution in [0.2, 0.25) is 0 Å². The number of nitrogens with zero attached hydrogens (tertiary/aromatic N) is 2. The minimum atomic E-state index is -3.77. The molecule has 0 radical (unpaired) electrons. The molecule has 3 rings (SSSR count). The lowest BCUT2D eigenvalue weighted by Crippen LogP contribution is -2.53. The van der Waals surface area contributed by atoms with Crippen LogP contribution in [-0.4, -0.2) is 50.5 Å². The minimum absolute atomic E-state index is 0.167. The van der Waals surface area contributed by atoms with Crippen molar-refractivity contribution in [1.29, 1.82) is 0 Å². The molecule has 9 heteroatoms. The smallest absolute Gasteiger partial charge is 0.244 e. The standard InChI is InChI=1S/C29H34IN3O4S/c1-4-18-31-29(35)27(19-23-8-6-5-7-9-23)32(20-24-12-10-22(2)11-13-24)28(34)21-33(38(3,36)37)26-16-14-25(30)15-17-26/h5-17,27H,4,18-21H2,1-3H3,(H,31,35)/t27-/m0/s1. The van der Waals surface area contributed by atoms with E-state index >= 15 is 0 Å². The van der Waals surface area contributed by atoms with Crippen LogP contribution < -0.4 is 9.62 Å². The van der Waals surface area contributed by atoms with E-state index in [2.05, 4.69) is 27.9 Å². The van der Waals surface area contributed by atoms with E-state index < -0.39 is 28.5 Å². The number of nitrogens with one attached hydrogen (secondary N) is 1. The van der Waals surface area contributed by atoms with Crippen LogP contribution in [0.25, 0.3) is 0 Å². The average Bonchev–Trinajstić information content (AvgIpc) is 2.89. The minimum Gasteiger partial charge on any atom is -0.354 e. The lowest BCUT2D eigenvalue weighted by atomic mass is 10.0. The number of carbonyl (C=O) groups is 2. The second-order valence-corrected chi connectivity index (χ2v) is 12.4. The van der Waals surface area contributed by atoms with Crippen molar-refractivity contribution in [2.45, 2.75) is 39.3 Å². The SMILES string of the molecule is CCCNC(=O)[C@H](Cc1ccccc1)N(Cc1ccc(C)cc1)C(=O)CN(c1ccc(I)cc1)S(C)(=O)=O. The Hall–Kier alpha value is -2.92. The normalized spacial score (nSPS) is 12.0. The zero-order valence-electron chi connectivity index (χ0n) is 21.9. The lowest BCUT2D eigenvalue weighted by Gasteiger charge is -2.33. The van der Waals surface area contributed by atoms with Crippen LogP contribution in [0.3, 0.4) is 0 Å². The fourth-order valence-corrected chi connectivity index (χ4v) is 5.24. The third-order valence-electron chi connectivity index (χ3n) is 6.09. The van der Waals surface area contributed by atoms with Gasteiger partial charge in [-0.1, -0.05) is 67.1 Å².